The highest BCUT2D eigenvalue weighted by Gasteiger charge is 2.25. The third-order valence-corrected chi connectivity index (χ3v) is 5.41. The van der Waals surface area contributed by atoms with Crippen molar-refractivity contribution >= 4 is 23.4 Å². The highest BCUT2D eigenvalue weighted by molar-refractivity contribution is 5.97. The molecule has 0 aliphatic carbocycles. The van der Waals surface area contributed by atoms with Crippen LogP contribution in [0, 0.1) is 11.8 Å². The van der Waals surface area contributed by atoms with Gasteiger partial charge in [-0.1, -0.05) is 11.8 Å². The van der Waals surface area contributed by atoms with E-state index in [1.807, 2.05) is 12.1 Å². The van der Waals surface area contributed by atoms with E-state index in [1.54, 1.807) is 36.4 Å². The van der Waals surface area contributed by atoms with Gasteiger partial charge >= 0.3 is 0 Å². The molecule has 3 amide bonds. The molecule has 10 nitrogen and oxygen atoms in total. The fourth-order valence-electron chi connectivity index (χ4n) is 3.46. The van der Waals surface area contributed by atoms with Gasteiger partial charge in [0.2, 0.25) is 5.91 Å². The van der Waals surface area contributed by atoms with Gasteiger partial charge in [0, 0.05) is 48.6 Å². The Morgan fingerprint density at radius 1 is 1.00 bits per heavy atom. The molecule has 1 saturated heterocycles. The molecule has 1 aliphatic heterocycles. The number of benzene rings is 2. The van der Waals surface area contributed by atoms with E-state index in [0.29, 0.717) is 17.8 Å². The lowest BCUT2D eigenvalue weighted by Crippen LogP contribution is -2.51. The van der Waals surface area contributed by atoms with Gasteiger partial charge in [0.1, 0.15) is 6.04 Å². The highest BCUT2D eigenvalue weighted by atomic mass is 16.5. The number of nitrogens with zero attached hydrogens (tertiary/aromatic N) is 1. The Labute approximate surface area is 203 Å². The summed E-state index contributed by atoms with van der Waals surface area (Å²) in [6, 6.07) is 12.4. The summed E-state index contributed by atoms with van der Waals surface area (Å²) in [6.45, 7) is 5.19. The van der Waals surface area contributed by atoms with Crippen LogP contribution in [0.2, 0.25) is 0 Å². The van der Waals surface area contributed by atoms with E-state index in [1.165, 1.54) is 12.4 Å². The fourth-order valence-corrected chi connectivity index (χ4v) is 3.46. The molecule has 0 aromatic heterocycles. The van der Waals surface area contributed by atoms with Crippen LogP contribution in [0.5, 0.6) is 0 Å². The number of carbonyl (C=O) groups excluding carboxylic acids is 3. The number of amides is 3. The number of aliphatic hydroxyl groups excluding tert-OH is 1. The van der Waals surface area contributed by atoms with E-state index in [2.05, 4.69) is 32.7 Å². The Kier molecular flexibility index (Phi) is 9.34. The van der Waals surface area contributed by atoms with Crippen molar-refractivity contribution in [3.8, 4) is 11.8 Å². The van der Waals surface area contributed by atoms with Crippen molar-refractivity contribution in [2.24, 2.45) is 0 Å². The molecule has 10 heteroatoms. The van der Waals surface area contributed by atoms with Crippen LogP contribution >= 0.6 is 0 Å². The predicted molar refractivity (Wildman–Crippen MR) is 130 cm³/mol. The second kappa shape index (κ2) is 12.6. The van der Waals surface area contributed by atoms with Crippen molar-refractivity contribution in [1.82, 2.24) is 21.0 Å². The van der Waals surface area contributed by atoms with Crippen LogP contribution < -0.4 is 21.4 Å². The van der Waals surface area contributed by atoms with Gasteiger partial charge in [0.25, 0.3) is 11.8 Å². The topological polar surface area (TPSA) is 143 Å². The van der Waals surface area contributed by atoms with E-state index >= 15 is 0 Å². The zero-order valence-corrected chi connectivity index (χ0v) is 19.4. The largest absolute Gasteiger partial charge is 0.391 e. The molecule has 0 spiro atoms. The Hall–Kier alpha value is -3.75. The first-order chi connectivity index (χ1) is 16.9. The standard InChI is InChI=1S/C25H29N5O5/c1-17(31)23(25(34)29-35)28-24(33)20-8-4-18(5-9-20)2-3-19-6-10-21(11-7-19)27-22(32)16-30-14-12-26-13-15-30/h4-11,17,23,26,31,35H,12-16H2,1H3,(H,27,32)(H,28,33)(H,29,34)/t17-,23+/m1/s1. The van der Waals surface area contributed by atoms with Gasteiger partial charge in [-0.3, -0.25) is 24.5 Å². The summed E-state index contributed by atoms with van der Waals surface area (Å²) in [5.41, 5.74) is 3.83. The first-order valence-electron chi connectivity index (χ1n) is 11.2. The lowest BCUT2D eigenvalue weighted by Gasteiger charge is -2.26. The molecule has 184 valence electrons. The van der Waals surface area contributed by atoms with E-state index < -0.39 is 24.0 Å². The molecule has 6 N–H and O–H groups in total. The minimum Gasteiger partial charge on any atom is -0.391 e. The lowest BCUT2D eigenvalue weighted by atomic mass is 10.1. The third kappa shape index (κ3) is 7.91. The number of carbonyl (C=O) groups is 3. The van der Waals surface area contributed by atoms with Crippen LogP contribution in [0.4, 0.5) is 5.69 Å². The first-order valence-corrected chi connectivity index (χ1v) is 11.2. The summed E-state index contributed by atoms with van der Waals surface area (Å²) in [5.74, 6) is 4.50. The zero-order chi connectivity index (χ0) is 25.2. The zero-order valence-electron chi connectivity index (χ0n) is 19.4. The van der Waals surface area contributed by atoms with Crippen LogP contribution in [0.15, 0.2) is 48.5 Å². The molecule has 3 rings (SSSR count). The van der Waals surface area contributed by atoms with Crippen LogP contribution in [-0.4, -0.2) is 77.8 Å². The second-order valence-corrected chi connectivity index (χ2v) is 8.15. The molecule has 2 aromatic carbocycles. The van der Waals surface area contributed by atoms with E-state index in [9.17, 15) is 19.5 Å². The average molecular weight is 480 g/mol. The molecule has 0 unspecified atom stereocenters. The fraction of sp³-hybridized carbons (Fsp3) is 0.320. The van der Waals surface area contributed by atoms with Crippen molar-refractivity contribution in [3.63, 3.8) is 0 Å². The molecule has 0 radical (unpaired) electrons. The van der Waals surface area contributed by atoms with Gasteiger partial charge in [-0.15, -0.1) is 0 Å². The summed E-state index contributed by atoms with van der Waals surface area (Å²) in [6.07, 6.45) is -1.19. The quantitative estimate of drug-likeness (QED) is 0.185. The Morgan fingerprint density at radius 3 is 2.11 bits per heavy atom. The maximum absolute atomic E-state index is 12.3. The maximum atomic E-state index is 12.3. The Morgan fingerprint density at radius 2 is 1.57 bits per heavy atom. The maximum Gasteiger partial charge on any atom is 0.268 e. The summed E-state index contributed by atoms with van der Waals surface area (Å²) < 4.78 is 0. The monoisotopic (exact) mass is 479 g/mol. The first kappa shape index (κ1) is 25.9. The van der Waals surface area contributed by atoms with E-state index in [4.69, 9.17) is 5.21 Å². The molecule has 0 saturated carbocycles. The van der Waals surface area contributed by atoms with Crippen LogP contribution in [-0.2, 0) is 9.59 Å². The number of hydrogen-bond donors (Lipinski definition) is 6. The minimum atomic E-state index is -1.29. The van der Waals surface area contributed by atoms with Gasteiger partial charge in [-0.2, -0.15) is 0 Å². The molecule has 2 atom stereocenters. The molecule has 1 heterocycles. The van der Waals surface area contributed by atoms with Gasteiger partial charge in [0.15, 0.2) is 0 Å². The summed E-state index contributed by atoms with van der Waals surface area (Å²) in [7, 11) is 0. The summed E-state index contributed by atoms with van der Waals surface area (Å²) in [5, 5.41) is 26.9. The number of anilines is 1. The second-order valence-electron chi connectivity index (χ2n) is 8.15. The minimum absolute atomic E-state index is 0.0494. The third-order valence-electron chi connectivity index (χ3n) is 5.41. The van der Waals surface area contributed by atoms with E-state index in [0.717, 1.165) is 31.7 Å². The molecule has 1 fully saturated rings. The number of hydroxylamine groups is 1. The van der Waals surface area contributed by atoms with E-state index in [-0.39, 0.29) is 11.5 Å². The van der Waals surface area contributed by atoms with Gasteiger partial charge < -0.3 is 21.1 Å². The normalized spacial score (nSPS) is 15.2. The van der Waals surface area contributed by atoms with Gasteiger partial charge in [0.05, 0.1) is 12.6 Å². The van der Waals surface area contributed by atoms with Crippen molar-refractivity contribution in [2.75, 3.05) is 38.0 Å². The Bertz CT molecular complexity index is 1080. The Balaban J connectivity index is 1.54. The van der Waals surface area contributed by atoms with Gasteiger partial charge in [-0.25, -0.2) is 5.48 Å². The molecule has 0 bridgehead atoms. The van der Waals surface area contributed by atoms with Gasteiger partial charge in [-0.05, 0) is 55.5 Å². The van der Waals surface area contributed by atoms with Crippen LogP contribution in [0.3, 0.4) is 0 Å². The summed E-state index contributed by atoms with van der Waals surface area (Å²) in [4.78, 5) is 38.2. The molecular formula is C25H29N5O5. The number of rotatable bonds is 7. The molecule has 2 aromatic rings. The summed E-state index contributed by atoms with van der Waals surface area (Å²) >= 11 is 0. The molecule has 35 heavy (non-hydrogen) atoms. The molecule has 1 aliphatic rings. The molecular weight excluding hydrogens is 450 g/mol. The smallest absolute Gasteiger partial charge is 0.268 e. The number of nitrogens with one attached hydrogen (secondary N) is 4. The number of hydrogen-bond acceptors (Lipinski definition) is 7. The van der Waals surface area contributed by atoms with Crippen molar-refractivity contribution in [3.05, 3.63) is 65.2 Å². The SMILES string of the molecule is C[C@@H](O)[C@H](NC(=O)c1ccc(C#Cc2ccc(NC(=O)CN3CCNCC3)cc2)cc1)C(=O)NO. The van der Waals surface area contributed by atoms with Crippen LogP contribution in [0.1, 0.15) is 28.4 Å². The number of aliphatic hydroxyl groups is 1. The van der Waals surface area contributed by atoms with Crippen molar-refractivity contribution in [1.29, 1.82) is 0 Å². The predicted octanol–water partition coefficient (Wildman–Crippen LogP) is -0.0853. The highest BCUT2D eigenvalue weighted by Crippen LogP contribution is 2.10. The van der Waals surface area contributed by atoms with Crippen molar-refractivity contribution < 1.29 is 24.7 Å². The van der Waals surface area contributed by atoms with Crippen LogP contribution in [0.25, 0.3) is 0 Å². The number of piperazine rings is 1. The lowest BCUT2D eigenvalue weighted by molar-refractivity contribution is -0.133. The van der Waals surface area contributed by atoms with Crippen molar-refractivity contribution in [2.45, 2.75) is 19.1 Å². The average Bonchev–Trinajstić information content (AvgIpc) is 2.87.